The van der Waals surface area contributed by atoms with Gasteiger partial charge in [0.25, 0.3) is 5.69 Å². The van der Waals surface area contributed by atoms with E-state index < -0.39 is 23.1 Å². The maximum atomic E-state index is 14.2. The lowest BCUT2D eigenvalue weighted by Gasteiger charge is -2.31. The number of hydrogen-bond donors (Lipinski definition) is 1. The molecule has 0 saturated carbocycles. The van der Waals surface area contributed by atoms with Crippen LogP contribution in [0.15, 0.2) is 60.7 Å². The summed E-state index contributed by atoms with van der Waals surface area (Å²) >= 11 is 6.17. The van der Waals surface area contributed by atoms with Crippen LogP contribution in [0.5, 0.6) is 5.75 Å². The van der Waals surface area contributed by atoms with Crippen LogP contribution >= 0.6 is 11.6 Å². The predicted octanol–water partition coefficient (Wildman–Crippen LogP) is 6.37. The molecule has 0 aromatic heterocycles. The second-order valence-electron chi connectivity index (χ2n) is 8.13. The highest BCUT2D eigenvalue weighted by Gasteiger charge is 2.28. The molecule has 1 N–H and O–H groups in total. The number of carbonyl (C=O) groups is 1. The maximum Gasteiger partial charge on any atom is 0.338 e. The summed E-state index contributed by atoms with van der Waals surface area (Å²) in [5.41, 5.74) is 2.76. The van der Waals surface area contributed by atoms with E-state index in [0.29, 0.717) is 28.5 Å². The van der Waals surface area contributed by atoms with Gasteiger partial charge in [-0.3, -0.25) is 10.1 Å². The number of carbonyl (C=O) groups excluding carboxylic acids is 1. The molecule has 0 aliphatic carbocycles. The summed E-state index contributed by atoms with van der Waals surface area (Å²) in [6.07, 6.45) is 0.820. The quantitative estimate of drug-likeness (QED) is 0.185. The average Bonchev–Trinajstić information content (AvgIpc) is 2.83. The number of benzene rings is 3. The van der Waals surface area contributed by atoms with Crippen molar-refractivity contribution < 1.29 is 23.6 Å². The molecule has 1 heterocycles. The topological polar surface area (TPSA) is 90.7 Å². The minimum atomic E-state index is -0.593. The van der Waals surface area contributed by atoms with Gasteiger partial charge in [0.05, 0.1) is 27.7 Å². The molecule has 3 aromatic carbocycles. The molecule has 0 radical (unpaired) electrons. The molecule has 3 aromatic rings. The summed E-state index contributed by atoms with van der Waals surface area (Å²) < 4.78 is 25.8. The van der Waals surface area contributed by atoms with Gasteiger partial charge in [-0.2, -0.15) is 0 Å². The first kappa shape index (κ1) is 24.2. The summed E-state index contributed by atoms with van der Waals surface area (Å²) in [6.45, 7) is 3.91. The minimum absolute atomic E-state index is 0.104. The van der Waals surface area contributed by atoms with E-state index in [-0.39, 0.29) is 17.1 Å². The smallest absolute Gasteiger partial charge is 0.338 e. The molecule has 0 fully saturated rings. The Kier molecular flexibility index (Phi) is 7.02. The summed E-state index contributed by atoms with van der Waals surface area (Å²) in [5.74, 6) is -0.381. The Morgan fingerprint density at radius 3 is 2.69 bits per heavy atom. The Hall–Kier alpha value is -3.91. The molecule has 7 nitrogen and oxygen atoms in total. The Balaban J connectivity index is 1.43. The first-order valence-corrected chi connectivity index (χ1v) is 11.2. The number of rotatable bonds is 6. The van der Waals surface area contributed by atoms with Crippen molar-refractivity contribution >= 4 is 40.6 Å². The van der Waals surface area contributed by atoms with Gasteiger partial charge in [-0.05, 0) is 61.4 Å². The van der Waals surface area contributed by atoms with E-state index in [9.17, 15) is 19.3 Å². The van der Waals surface area contributed by atoms with Crippen molar-refractivity contribution in [2.75, 3.05) is 11.9 Å². The van der Waals surface area contributed by atoms with Gasteiger partial charge in [-0.1, -0.05) is 29.8 Å². The Bertz CT molecular complexity index is 1290. The summed E-state index contributed by atoms with van der Waals surface area (Å²) in [5, 5.41) is 14.4. The van der Waals surface area contributed by atoms with Crippen molar-refractivity contribution in [1.82, 2.24) is 0 Å². The third-order valence-corrected chi connectivity index (χ3v) is 5.96. The standard InChI is InChI=1S/C26H22ClFN2O5/c1-15(25-20(27)4-3-5-21(25)28)12-17-6-11-23-22(13-17)29-14-24(35-23)16(2)34-26(31)18-7-9-19(10-8-18)30(32)33/h3-13,16,24,29H,14H2,1-2H3/t16-,24-/m1/s1. The number of nitro benzene ring substituents is 1. The van der Waals surface area contributed by atoms with Gasteiger partial charge >= 0.3 is 5.97 Å². The highest BCUT2D eigenvalue weighted by Crippen LogP contribution is 2.33. The van der Waals surface area contributed by atoms with Gasteiger partial charge in [-0.15, -0.1) is 0 Å². The fourth-order valence-electron chi connectivity index (χ4n) is 3.78. The van der Waals surface area contributed by atoms with Crippen molar-refractivity contribution in [1.29, 1.82) is 0 Å². The lowest BCUT2D eigenvalue weighted by Crippen LogP contribution is -2.41. The number of halogens is 2. The highest BCUT2D eigenvalue weighted by molar-refractivity contribution is 6.32. The number of nitro groups is 1. The lowest BCUT2D eigenvalue weighted by atomic mass is 10.0. The average molecular weight is 497 g/mol. The number of nitrogens with one attached hydrogen (secondary N) is 1. The van der Waals surface area contributed by atoms with Crippen LogP contribution in [0.4, 0.5) is 15.8 Å². The number of non-ortho nitro benzene ring substituents is 1. The van der Waals surface area contributed by atoms with Crippen LogP contribution in [0, 0.1) is 15.9 Å². The van der Waals surface area contributed by atoms with Crippen LogP contribution in [0.2, 0.25) is 5.02 Å². The fourth-order valence-corrected chi connectivity index (χ4v) is 4.10. The van der Waals surface area contributed by atoms with E-state index in [1.807, 2.05) is 18.2 Å². The molecule has 35 heavy (non-hydrogen) atoms. The monoisotopic (exact) mass is 496 g/mol. The molecule has 0 amide bonds. The van der Waals surface area contributed by atoms with Gasteiger partial charge in [0, 0.05) is 17.7 Å². The zero-order valence-electron chi connectivity index (χ0n) is 19.0. The van der Waals surface area contributed by atoms with Gasteiger partial charge in [0.2, 0.25) is 0 Å². The minimum Gasteiger partial charge on any atom is -0.483 e. The van der Waals surface area contributed by atoms with E-state index in [2.05, 4.69) is 5.32 Å². The zero-order chi connectivity index (χ0) is 25.1. The molecule has 4 rings (SSSR count). The first-order valence-electron chi connectivity index (χ1n) is 10.9. The molecule has 0 bridgehead atoms. The zero-order valence-corrected chi connectivity index (χ0v) is 19.7. The van der Waals surface area contributed by atoms with E-state index in [4.69, 9.17) is 21.1 Å². The Morgan fingerprint density at radius 2 is 2.00 bits per heavy atom. The van der Waals surface area contributed by atoms with Crippen molar-refractivity contribution in [3.05, 3.63) is 98.3 Å². The number of hydrogen-bond acceptors (Lipinski definition) is 6. The summed E-state index contributed by atoms with van der Waals surface area (Å²) in [7, 11) is 0. The lowest BCUT2D eigenvalue weighted by molar-refractivity contribution is -0.384. The second kappa shape index (κ2) is 10.1. The fraction of sp³-hybridized carbons (Fsp3) is 0.192. The van der Waals surface area contributed by atoms with Gasteiger partial charge < -0.3 is 14.8 Å². The van der Waals surface area contributed by atoms with Crippen molar-refractivity contribution in [3.63, 3.8) is 0 Å². The number of anilines is 1. The van der Waals surface area contributed by atoms with Crippen LogP contribution < -0.4 is 10.1 Å². The third-order valence-electron chi connectivity index (χ3n) is 5.65. The SMILES string of the molecule is CC(=Cc1ccc2c(c1)NC[C@H]([C@@H](C)OC(=O)c1ccc([N+](=O)[O-])cc1)O2)c1c(F)cccc1Cl. The number of fused-ring (bicyclic) bond motifs is 1. The first-order chi connectivity index (χ1) is 16.7. The third kappa shape index (κ3) is 5.44. The summed E-state index contributed by atoms with van der Waals surface area (Å²) in [6, 6.07) is 15.3. The molecule has 2 atom stereocenters. The van der Waals surface area contributed by atoms with E-state index >= 15 is 0 Å². The molecular weight excluding hydrogens is 475 g/mol. The van der Waals surface area contributed by atoms with Crippen molar-refractivity contribution in [2.45, 2.75) is 26.1 Å². The normalized spacial score (nSPS) is 15.9. The molecule has 1 aliphatic rings. The highest BCUT2D eigenvalue weighted by atomic mass is 35.5. The van der Waals surface area contributed by atoms with Gasteiger partial charge in [-0.25, -0.2) is 9.18 Å². The number of allylic oxidation sites excluding steroid dienone is 1. The number of esters is 1. The molecule has 0 unspecified atom stereocenters. The molecule has 180 valence electrons. The molecule has 9 heteroatoms. The van der Waals surface area contributed by atoms with Crippen LogP contribution in [0.3, 0.4) is 0 Å². The second-order valence-corrected chi connectivity index (χ2v) is 8.54. The predicted molar refractivity (Wildman–Crippen MR) is 132 cm³/mol. The summed E-state index contributed by atoms with van der Waals surface area (Å²) in [4.78, 5) is 22.7. The number of ether oxygens (including phenoxy) is 2. The molecule has 0 spiro atoms. The maximum absolute atomic E-state index is 14.2. The van der Waals surface area contributed by atoms with E-state index in [1.165, 1.54) is 30.3 Å². The Labute approximate surface area is 206 Å². The van der Waals surface area contributed by atoms with Gasteiger partial charge in [0.1, 0.15) is 17.7 Å². The van der Waals surface area contributed by atoms with E-state index in [0.717, 1.165) is 11.3 Å². The largest absolute Gasteiger partial charge is 0.483 e. The molecular formula is C26H22ClFN2O5. The molecule has 1 aliphatic heterocycles. The number of nitrogens with zero attached hydrogens (tertiary/aromatic N) is 1. The van der Waals surface area contributed by atoms with Crippen LogP contribution in [-0.2, 0) is 4.74 Å². The van der Waals surface area contributed by atoms with Gasteiger partial charge in [0.15, 0.2) is 6.10 Å². The molecule has 0 saturated heterocycles. The van der Waals surface area contributed by atoms with Crippen LogP contribution in [0.1, 0.15) is 35.3 Å². The van der Waals surface area contributed by atoms with Crippen molar-refractivity contribution in [3.8, 4) is 5.75 Å². The van der Waals surface area contributed by atoms with E-state index in [1.54, 1.807) is 32.0 Å². The Morgan fingerprint density at radius 1 is 1.26 bits per heavy atom. The van der Waals surface area contributed by atoms with Crippen LogP contribution in [-0.4, -0.2) is 29.6 Å². The van der Waals surface area contributed by atoms with Crippen LogP contribution in [0.25, 0.3) is 11.6 Å². The van der Waals surface area contributed by atoms with Crippen molar-refractivity contribution in [2.24, 2.45) is 0 Å².